The predicted octanol–water partition coefficient (Wildman–Crippen LogP) is 6.48. The molecule has 1 fully saturated rings. The van der Waals surface area contributed by atoms with Crippen LogP contribution in [0.4, 0.5) is 11.4 Å². The Hall–Kier alpha value is -3.97. The molecule has 7 nitrogen and oxygen atoms in total. The summed E-state index contributed by atoms with van der Waals surface area (Å²) in [4.78, 5) is 38.8. The van der Waals surface area contributed by atoms with Crippen LogP contribution in [-0.2, 0) is 15.0 Å². The fourth-order valence-corrected chi connectivity index (χ4v) is 4.49. The van der Waals surface area contributed by atoms with Crippen LogP contribution >= 0.6 is 11.6 Å². The van der Waals surface area contributed by atoms with Gasteiger partial charge in [0.2, 0.25) is 0 Å². The zero-order valence-corrected chi connectivity index (χ0v) is 21.0. The largest absolute Gasteiger partial charge is 0.507 e. The lowest BCUT2D eigenvalue weighted by molar-refractivity contribution is -0.384. The van der Waals surface area contributed by atoms with E-state index in [1.807, 2.05) is 24.3 Å². The number of non-ortho nitro benzene ring substituents is 1. The number of carbonyl (C=O) groups is 2. The fraction of sp³-hybridized carbons (Fsp3) is 0.214. The van der Waals surface area contributed by atoms with Crippen LogP contribution in [0.1, 0.15) is 49.1 Å². The van der Waals surface area contributed by atoms with Gasteiger partial charge in [-0.05, 0) is 41.2 Å². The van der Waals surface area contributed by atoms with E-state index >= 15 is 0 Å². The summed E-state index contributed by atoms with van der Waals surface area (Å²) in [6, 6.07) is 16.9. The van der Waals surface area contributed by atoms with Crippen molar-refractivity contribution in [1.29, 1.82) is 0 Å². The number of nitrogens with zero attached hydrogens (tertiary/aromatic N) is 2. The molecular weight excluding hydrogens is 480 g/mol. The molecule has 1 atom stereocenters. The first-order valence-corrected chi connectivity index (χ1v) is 11.7. The summed E-state index contributed by atoms with van der Waals surface area (Å²) in [5.41, 5.74) is 2.37. The van der Waals surface area contributed by atoms with Crippen molar-refractivity contribution in [3.63, 3.8) is 0 Å². The van der Waals surface area contributed by atoms with E-state index in [1.54, 1.807) is 25.1 Å². The monoisotopic (exact) mass is 504 g/mol. The number of Topliss-reactive ketones (excluding diaryl/α,β-unsaturated/α-hetero) is 1. The van der Waals surface area contributed by atoms with Crippen LogP contribution in [0.15, 0.2) is 72.3 Å². The highest BCUT2D eigenvalue weighted by Crippen LogP contribution is 2.44. The minimum atomic E-state index is -0.963. The maximum absolute atomic E-state index is 13.4. The zero-order chi connectivity index (χ0) is 26.4. The number of ketones is 1. The molecule has 1 amide bonds. The number of hydrogen-bond acceptors (Lipinski definition) is 5. The number of aliphatic hydroxyl groups excluding tert-OH is 1. The molecule has 36 heavy (non-hydrogen) atoms. The molecule has 0 spiro atoms. The highest BCUT2D eigenvalue weighted by molar-refractivity contribution is 6.52. The number of hydrogen-bond donors (Lipinski definition) is 1. The molecule has 3 aromatic rings. The van der Waals surface area contributed by atoms with Gasteiger partial charge in [-0.1, -0.05) is 74.8 Å². The number of nitro groups is 1. The summed E-state index contributed by atoms with van der Waals surface area (Å²) in [6.45, 7) is 8.02. The Morgan fingerprint density at radius 1 is 1.03 bits per heavy atom. The lowest BCUT2D eigenvalue weighted by Crippen LogP contribution is -2.30. The Balaban J connectivity index is 1.97. The van der Waals surface area contributed by atoms with Crippen molar-refractivity contribution in [3.8, 4) is 0 Å². The number of benzene rings is 3. The van der Waals surface area contributed by atoms with E-state index < -0.39 is 28.4 Å². The van der Waals surface area contributed by atoms with Crippen molar-refractivity contribution in [2.75, 3.05) is 4.90 Å². The highest BCUT2D eigenvalue weighted by Gasteiger charge is 2.47. The van der Waals surface area contributed by atoms with Gasteiger partial charge >= 0.3 is 0 Å². The van der Waals surface area contributed by atoms with Crippen LogP contribution in [0.3, 0.4) is 0 Å². The molecule has 184 valence electrons. The number of amides is 1. The number of nitro benzene ring substituents is 1. The van der Waals surface area contributed by atoms with Gasteiger partial charge in [0.05, 0.1) is 16.5 Å². The third-order valence-corrected chi connectivity index (χ3v) is 6.53. The fourth-order valence-electron chi connectivity index (χ4n) is 4.33. The van der Waals surface area contributed by atoms with E-state index in [4.69, 9.17) is 11.6 Å². The molecule has 0 saturated carbocycles. The topological polar surface area (TPSA) is 101 Å². The summed E-state index contributed by atoms with van der Waals surface area (Å²) in [7, 11) is 0. The lowest BCUT2D eigenvalue weighted by Gasteiger charge is -2.28. The number of halogens is 1. The summed E-state index contributed by atoms with van der Waals surface area (Å²) in [6.07, 6.45) is 0. The lowest BCUT2D eigenvalue weighted by atomic mass is 9.85. The van der Waals surface area contributed by atoms with Gasteiger partial charge in [0.25, 0.3) is 17.4 Å². The molecule has 4 rings (SSSR count). The maximum Gasteiger partial charge on any atom is 0.300 e. The summed E-state index contributed by atoms with van der Waals surface area (Å²) < 4.78 is 0. The van der Waals surface area contributed by atoms with Gasteiger partial charge in [-0.25, -0.2) is 0 Å². The van der Waals surface area contributed by atoms with E-state index in [9.17, 15) is 24.8 Å². The van der Waals surface area contributed by atoms with Crippen LogP contribution in [-0.4, -0.2) is 21.7 Å². The first kappa shape index (κ1) is 25.1. The van der Waals surface area contributed by atoms with E-state index in [0.29, 0.717) is 21.8 Å². The minimum Gasteiger partial charge on any atom is -0.507 e. The SMILES string of the molecule is Cc1ccc(Cl)cc1N1C(=O)C(=O)/C(=C(\O)c2cccc([N+](=O)[O-])c2)C1c1ccc(C(C)(C)C)cc1. The molecule has 0 aromatic heterocycles. The molecule has 0 aliphatic carbocycles. The number of anilines is 1. The van der Waals surface area contributed by atoms with Crippen LogP contribution in [0.2, 0.25) is 5.02 Å². The van der Waals surface area contributed by atoms with Gasteiger partial charge < -0.3 is 5.11 Å². The van der Waals surface area contributed by atoms with Crippen molar-refractivity contribution in [2.24, 2.45) is 0 Å². The predicted molar refractivity (Wildman–Crippen MR) is 139 cm³/mol. The standard InChI is InChI=1S/C28H25ClN2O5/c1-16-8-13-20(29)15-22(16)30-24(17-9-11-19(12-10-17)28(2,3)4)23(26(33)27(30)34)25(32)18-6-5-7-21(14-18)31(35)36/h5-15,24,32H,1-4H3/b25-23-. The van der Waals surface area contributed by atoms with Crippen LogP contribution in [0.25, 0.3) is 5.76 Å². The number of carbonyl (C=O) groups excluding carboxylic acids is 2. The Kier molecular flexibility index (Phi) is 6.45. The molecule has 0 radical (unpaired) electrons. The third-order valence-electron chi connectivity index (χ3n) is 6.30. The van der Waals surface area contributed by atoms with Gasteiger partial charge in [-0.2, -0.15) is 0 Å². The summed E-state index contributed by atoms with van der Waals surface area (Å²) in [5, 5.41) is 22.9. The molecule has 1 aliphatic heterocycles. The van der Waals surface area contributed by atoms with Crippen LogP contribution in [0, 0.1) is 17.0 Å². The first-order valence-electron chi connectivity index (χ1n) is 11.3. The van der Waals surface area contributed by atoms with Crippen molar-refractivity contribution in [2.45, 2.75) is 39.2 Å². The Morgan fingerprint density at radius 2 is 1.69 bits per heavy atom. The zero-order valence-electron chi connectivity index (χ0n) is 20.3. The van der Waals surface area contributed by atoms with Crippen molar-refractivity contribution in [3.05, 3.63) is 110 Å². The first-order chi connectivity index (χ1) is 16.9. The Labute approximate surface area is 213 Å². The number of aryl methyl sites for hydroxylation is 1. The van der Waals surface area contributed by atoms with Gasteiger partial charge in [0, 0.05) is 28.4 Å². The highest BCUT2D eigenvalue weighted by atomic mass is 35.5. The van der Waals surface area contributed by atoms with Crippen molar-refractivity contribution in [1.82, 2.24) is 0 Å². The molecule has 1 saturated heterocycles. The maximum atomic E-state index is 13.4. The molecule has 8 heteroatoms. The number of rotatable bonds is 4. The van der Waals surface area contributed by atoms with Crippen molar-refractivity contribution >= 4 is 40.4 Å². The molecule has 3 aromatic carbocycles. The van der Waals surface area contributed by atoms with E-state index in [1.165, 1.54) is 29.2 Å². The molecule has 1 N–H and O–H groups in total. The Bertz CT molecular complexity index is 1420. The van der Waals surface area contributed by atoms with Gasteiger partial charge in [-0.15, -0.1) is 0 Å². The second-order valence-corrected chi connectivity index (χ2v) is 10.2. The average molecular weight is 505 g/mol. The average Bonchev–Trinajstić information content (AvgIpc) is 3.10. The quantitative estimate of drug-likeness (QED) is 0.144. The smallest absolute Gasteiger partial charge is 0.300 e. The molecule has 0 bridgehead atoms. The van der Waals surface area contributed by atoms with E-state index in [-0.39, 0.29) is 22.2 Å². The van der Waals surface area contributed by atoms with Crippen LogP contribution in [0.5, 0.6) is 0 Å². The van der Waals surface area contributed by atoms with Crippen LogP contribution < -0.4 is 4.90 Å². The molecule has 1 unspecified atom stereocenters. The van der Waals surface area contributed by atoms with E-state index in [0.717, 1.165) is 5.56 Å². The molecule has 1 aliphatic rings. The van der Waals surface area contributed by atoms with Gasteiger partial charge in [0.15, 0.2) is 0 Å². The normalized spacial score (nSPS) is 17.5. The minimum absolute atomic E-state index is 0.0707. The number of aliphatic hydroxyl groups is 1. The summed E-state index contributed by atoms with van der Waals surface area (Å²) >= 11 is 6.24. The molecular formula is C28H25ClN2O5. The molecule has 1 heterocycles. The van der Waals surface area contributed by atoms with Gasteiger partial charge in [-0.3, -0.25) is 24.6 Å². The van der Waals surface area contributed by atoms with Gasteiger partial charge in [0.1, 0.15) is 5.76 Å². The van der Waals surface area contributed by atoms with Crippen molar-refractivity contribution < 1.29 is 19.6 Å². The Morgan fingerprint density at radius 3 is 2.31 bits per heavy atom. The van der Waals surface area contributed by atoms with E-state index in [2.05, 4.69) is 20.8 Å². The summed E-state index contributed by atoms with van der Waals surface area (Å²) in [5.74, 6) is -2.19. The second-order valence-electron chi connectivity index (χ2n) is 9.78. The third kappa shape index (κ3) is 4.50. The second kappa shape index (κ2) is 9.24.